The molecule has 2 aliphatic rings. The Kier molecular flexibility index (Phi) is 10.2. The first-order valence-corrected chi connectivity index (χ1v) is 15.4. The number of amides is 1. The van der Waals surface area contributed by atoms with E-state index in [1.807, 2.05) is 30.3 Å². The predicted molar refractivity (Wildman–Crippen MR) is 177 cm³/mol. The van der Waals surface area contributed by atoms with Gasteiger partial charge in [0, 0.05) is 66.8 Å². The quantitative estimate of drug-likeness (QED) is 0.0908. The summed E-state index contributed by atoms with van der Waals surface area (Å²) >= 11 is 3.09. The zero-order chi connectivity index (χ0) is 33.7. The molecule has 1 aliphatic carbocycles. The smallest absolute Gasteiger partial charge is 0.398 e. The molecule has 47 heavy (non-hydrogen) atoms. The molecular formula is C33H32F3N7O3S. The van der Waals surface area contributed by atoms with Gasteiger partial charge >= 0.3 is 6.18 Å². The van der Waals surface area contributed by atoms with Crippen LogP contribution < -0.4 is 16.0 Å². The molecule has 2 heterocycles. The summed E-state index contributed by atoms with van der Waals surface area (Å²) in [6, 6.07) is 15.5. The number of nitrogens with zero attached hydrogens (tertiary/aromatic N) is 5. The van der Waals surface area contributed by atoms with Crippen LogP contribution in [0.2, 0.25) is 0 Å². The summed E-state index contributed by atoms with van der Waals surface area (Å²) in [6.07, 6.45) is -0.643. The van der Waals surface area contributed by atoms with Crippen molar-refractivity contribution in [2.45, 2.75) is 38.4 Å². The molecule has 0 atom stereocenters. The van der Waals surface area contributed by atoms with Gasteiger partial charge in [0.2, 0.25) is 0 Å². The third kappa shape index (κ3) is 7.58. The summed E-state index contributed by atoms with van der Waals surface area (Å²) in [6.45, 7) is 2.26. The molecule has 0 saturated carbocycles. The maximum atomic E-state index is 13.4. The van der Waals surface area contributed by atoms with Crippen LogP contribution in [0.4, 0.5) is 35.9 Å². The van der Waals surface area contributed by atoms with Gasteiger partial charge in [0.05, 0.1) is 16.0 Å². The van der Waals surface area contributed by atoms with Crippen LogP contribution in [0.5, 0.6) is 0 Å². The predicted octanol–water partition coefficient (Wildman–Crippen LogP) is 6.59. The maximum absolute atomic E-state index is 13.4. The lowest BCUT2D eigenvalue weighted by Gasteiger charge is -2.36. The number of piperazine rings is 1. The minimum Gasteiger partial charge on any atom is -0.398 e. The van der Waals surface area contributed by atoms with Crippen LogP contribution in [0.15, 0.2) is 60.7 Å². The first kappa shape index (κ1) is 33.5. The van der Waals surface area contributed by atoms with Gasteiger partial charge in [-0.15, -0.1) is 0 Å². The van der Waals surface area contributed by atoms with Crippen LogP contribution in [0.3, 0.4) is 0 Å². The molecule has 3 N–H and O–H groups in total. The van der Waals surface area contributed by atoms with Crippen molar-refractivity contribution in [2.24, 2.45) is 0 Å². The van der Waals surface area contributed by atoms with Crippen LogP contribution >= 0.6 is 12.6 Å². The summed E-state index contributed by atoms with van der Waals surface area (Å²) < 4.78 is 39.4. The Balaban J connectivity index is 0.00000139. The van der Waals surface area contributed by atoms with Gasteiger partial charge in [0.25, 0.3) is 11.6 Å². The molecule has 3 aromatic carbocycles. The molecule has 0 radical (unpaired) electrons. The molecule has 1 aliphatic heterocycles. The molecule has 0 bridgehead atoms. The number of anilines is 3. The second-order valence-corrected chi connectivity index (χ2v) is 11.5. The van der Waals surface area contributed by atoms with Crippen molar-refractivity contribution in [1.82, 2.24) is 9.88 Å². The zero-order valence-electron chi connectivity index (χ0n) is 25.3. The number of nitrogen functional groups attached to an aromatic ring is 1. The Labute approximate surface area is 274 Å². The molecule has 1 fully saturated rings. The normalized spacial score (nSPS) is 14.8. The molecule has 1 saturated heterocycles. The van der Waals surface area contributed by atoms with E-state index >= 15 is 0 Å². The van der Waals surface area contributed by atoms with E-state index in [4.69, 9.17) is 16.0 Å². The lowest BCUT2D eigenvalue weighted by Crippen LogP contribution is -2.46. The Morgan fingerprint density at radius 3 is 2.47 bits per heavy atom. The van der Waals surface area contributed by atoms with Crippen LogP contribution in [-0.2, 0) is 25.6 Å². The number of hydrogen-bond acceptors (Lipinski definition) is 9. The number of nitro benzene ring substituents is 1. The molecule has 14 heteroatoms. The maximum Gasteiger partial charge on any atom is 0.416 e. The number of nitro groups is 1. The van der Waals surface area contributed by atoms with Crippen molar-refractivity contribution >= 4 is 52.2 Å². The summed E-state index contributed by atoms with van der Waals surface area (Å²) in [5.74, 6) is -0.261. The number of carbonyl (C=O) groups is 1. The molecule has 4 aromatic rings. The fraction of sp³-hybridized carbons (Fsp3) is 0.303. The lowest BCUT2D eigenvalue weighted by molar-refractivity contribution is -0.384. The van der Waals surface area contributed by atoms with Crippen molar-refractivity contribution < 1.29 is 22.9 Å². The minimum atomic E-state index is -4.67. The number of aromatic nitrogens is 1. The molecule has 0 spiro atoms. The number of nitrogens with one attached hydrogen (secondary N) is 1. The van der Waals surface area contributed by atoms with Gasteiger partial charge in [0.1, 0.15) is 11.1 Å². The number of halogens is 3. The fourth-order valence-corrected chi connectivity index (χ4v) is 6.12. The average molecular weight is 664 g/mol. The molecule has 1 amide bonds. The SMILES string of the molecule is N#CS.Nc1c2c(nc3ccc(NC(=O)c4ccccc4CN4CCN(c5ccc(C(F)(F)F)cc5[N+](=O)[O-])CC4)cc13)CCCC2. The van der Waals surface area contributed by atoms with Crippen LogP contribution in [0.25, 0.3) is 10.9 Å². The van der Waals surface area contributed by atoms with Crippen molar-refractivity contribution in [3.05, 3.63) is 98.7 Å². The number of hydrogen-bond donors (Lipinski definition) is 3. The van der Waals surface area contributed by atoms with Crippen LogP contribution in [-0.4, -0.2) is 46.9 Å². The summed E-state index contributed by atoms with van der Waals surface area (Å²) in [5, 5.41) is 24.0. The number of thiocyanates is 1. The van der Waals surface area contributed by atoms with Gasteiger partial charge in [-0.3, -0.25) is 24.8 Å². The van der Waals surface area contributed by atoms with E-state index in [9.17, 15) is 28.1 Å². The van der Waals surface area contributed by atoms with Crippen molar-refractivity contribution in [3.63, 3.8) is 0 Å². The van der Waals surface area contributed by atoms with Gasteiger partial charge < -0.3 is 16.0 Å². The highest BCUT2D eigenvalue weighted by molar-refractivity contribution is 7.85. The van der Waals surface area contributed by atoms with Crippen LogP contribution in [0, 0.1) is 20.8 Å². The summed E-state index contributed by atoms with van der Waals surface area (Å²) in [4.78, 5) is 32.9. The second-order valence-electron chi connectivity index (χ2n) is 11.3. The van der Waals surface area contributed by atoms with Crippen molar-refractivity contribution in [2.75, 3.05) is 42.1 Å². The number of nitrogens with two attached hydrogens (primary N) is 1. The summed E-state index contributed by atoms with van der Waals surface area (Å²) in [5.41, 5.74) is 10.7. The summed E-state index contributed by atoms with van der Waals surface area (Å²) in [7, 11) is 0. The number of benzene rings is 3. The Bertz CT molecular complexity index is 1850. The van der Waals surface area contributed by atoms with Gasteiger partial charge in [-0.2, -0.15) is 18.4 Å². The number of thiol groups is 1. The lowest BCUT2D eigenvalue weighted by atomic mass is 9.93. The third-order valence-electron chi connectivity index (χ3n) is 8.43. The van der Waals surface area contributed by atoms with E-state index in [1.165, 1.54) is 11.5 Å². The number of fused-ring (bicyclic) bond motifs is 2. The number of alkyl halides is 3. The molecule has 10 nitrogen and oxygen atoms in total. The standard InChI is InChI=1S/C32H31F3N6O3.CHNS/c33-32(34,35)21-9-12-28(29(17-21)41(43)44)40-15-13-39(14-16-40)19-20-5-1-2-6-23(20)31(42)37-22-10-11-27-25(18-22)30(36)24-7-3-4-8-26(24)38-27;2-1-3/h1-2,5-6,9-12,17-18H,3-4,7-8,13-16,19H2,(H2,36,38)(H,37,42);3H. The van der Waals surface area contributed by atoms with Crippen molar-refractivity contribution in [3.8, 4) is 5.40 Å². The Hall–Kier alpha value is -4.87. The van der Waals surface area contributed by atoms with Crippen LogP contribution in [0.1, 0.15) is 45.6 Å². The minimum absolute atomic E-state index is 0.161. The number of pyridine rings is 1. The number of aryl methyl sites for hydroxylation is 1. The number of nitriles is 1. The van der Waals surface area contributed by atoms with Gasteiger partial charge in [-0.05, 0) is 73.2 Å². The van der Waals surface area contributed by atoms with E-state index in [0.717, 1.165) is 65.2 Å². The monoisotopic (exact) mass is 663 g/mol. The zero-order valence-corrected chi connectivity index (χ0v) is 26.2. The first-order valence-electron chi connectivity index (χ1n) is 15.0. The first-order chi connectivity index (χ1) is 22.5. The number of rotatable bonds is 6. The molecule has 244 valence electrons. The largest absolute Gasteiger partial charge is 0.416 e. The highest BCUT2D eigenvalue weighted by Gasteiger charge is 2.34. The molecular weight excluding hydrogens is 631 g/mol. The molecule has 6 rings (SSSR count). The second kappa shape index (κ2) is 14.3. The Morgan fingerprint density at radius 1 is 1.06 bits per heavy atom. The fourth-order valence-electron chi connectivity index (χ4n) is 6.12. The van der Waals surface area contributed by atoms with E-state index in [0.29, 0.717) is 50.0 Å². The average Bonchev–Trinajstić information content (AvgIpc) is 3.05. The van der Waals surface area contributed by atoms with E-state index in [-0.39, 0.29) is 11.6 Å². The highest BCUT2D eigenvalue weighted by Crippen LogP contribution is 2.37. The highest BCUT2D eigenvalue weighted by atomic mass is 32.1. The van der Waals surface area contributed by atoms with Crippen molar-refractivity contribution in [1.29, 1.82) is 5.26 Å². The molecule has 1 aromatic heterocycles. The topological polar surface area (TPSA) is 141 Å². The van der Waals surface area contributed by atoms with Gasteiger partial charge in [0.15, 0.2) is 0 Å². The molecule has 0 unspecified atom stereocenters. The van der Waals surface area contributed by atoms with Gasteiger partial charge in [-0.1, -0.05) is 30.8 Å². The van der Waals surface area contributed by atoms with E-state index < -0.39 is 22.4 Å². The number of carbonyl (C=O) groups excluding carboxylic acids is 1. The van der Waals surface area contributed by atoms with E-state index in [2.05, 4.69) is 22.8 Å². The van der Waals surface area contributed by atoms with Gasteiger partial charge in [-0.25, -0.2) is 0 Å². The third-order valence-corrected chi connectivity index (χ3v) is 8.43. The Morgan fingerprint density at radius 2 is 1.77 bits per heavy atom. The van der Waals surface area contributed by atoms with E-state index in [1.54, 1.807) is 17.0 Å².